The third kappa shape index (κ3) is 8.76. The molecule has 2 unspecified atom stereocenters. The van der Waals surface area contributed by atoms with Gasteiger partial charge in [0.1, 0.15) is 0 Å². The monoisotopic (exact) mass is 239 g/mol. The Morgan fingerprint density at radius 3 is 2.47 bits per heavy atom. The summed E-state index contributed by atoms with van der Waals surface area (Å²) in [6.07, 6.45) is 0.602. The zero-order valence-corrected chi connectivity index (χ0v) is 10.3. The Kier molecular flexibility index (Phi) is 7.03. The van der Waals surface area contributed by atoms with Crippen molar-refractivity contribution in [3.63, 3.8) is 0 Å². The predicted molar refractivity (Wildman–Crippen MR) is 59.7 cm³/mol. The second kappa shape index (κ2) is 7.13. The summed E-state index contributed by atoms with van der Waals surface area (Å²) in [4.78, 5) is 0. The van der Waals surface area contributed by atoms with Gasteiger partial charge in [-0.1, -0.05) is 0 Å². The Morgan fingerprint density at radius 2 is 2.00 bits per heavy atom. The smallest absolute Gasteiger partial charge is 0.277 e. The average Bonchev–Trinajstić information content (AvgIpc) is 2.00. The molecule has 4 N–H and O–H groups in total. The van der Waals surface area contributed by atoms with Crippen molar-refractivity contribution in [3.05, 3.63) is 0 Å². The van der Waals surface area contributed by atoms with Crippen LogP contribution in [0.4, 0.5) is 0 Å². The highest BCUT2D eigenvalue weighted by Crippen LogP contribution is 1.95. The number of nitrogens with two attached hydrogens (primary N) is 1. The van der Waals surface area contributed by atoms with Gasteiger partial charge in [0.25, 0.3) is 10.2 Å². The van der Waals surface area contributed by atoms with Crippen molar-refractivity contribution in [2.75, 3.05) is 20.3 Å². The molecule has 0 fully saturated rings. The lowest BCUT2D eigenvalue weighted by Gasteiger charge is -2.16. The molecule has 0 spiro atoms. The molecule has 0 aromatic carbocycles. The van der Waals surface area contributed by atoms with E-state index in [0.717, 1.165) is 0 Å². The van der Waals surface area contributed by atoms with E-state index in [-0.39, 0.29) is 18.6 Å². The summed E-state index contributed by atoms with van der Waals surface area (Å²) < 4.78 is 32.3. The third-order valence-corrected chi connectivity index (χ3v) is 2.98. The lowest BCUT2D eigenvalue weighted by atomic mass is 10.1. The molecule has 0 rings (SSSR count). The molecule has 0 aliphatic carbocycles. The van der Waals surface area contributed by atoms with Crippen LogP contribution in [-0.4, -0.2) is 40.8 Å². The van der Waals surface area contributed by atoms with Crippen LogP contribution in [0.25, 0.3) is 0 Å². The zero-order valence-electron chi connectivity index (χ0n) is 9.49. The third-order valence-electron chi connectivity index (χ3n) is 1.68. The van der Waals surface area contributed by atoms with Gasteiger partial charge in [0.15, 0.2) is 0 Å². The highest BCUT2D eigenvalue weighted by Gasteiger charge is 2.14. The maximum atomic E-state index is 11.4. The first kappa shape index (κ1) is 14.8. The highest BCUT2D eigenvalue weighted by atomic mass is 32.2. The maximum absolute atomic E-state index is 11.4. The van der Waals surface area contributed by atoms with Gasteiger partial charge in [0, 0.05) is 25.7 Å². The first-order chi connectivity index (χ1) is 6.87. The van der Waals surface area contributed by atoms with Crippen molar-refractivity contribution >= 4 is 10.2 Å². The van der Waals surface area contributed by atoms with E-state index < -0.39 is 10.2 Å². The molecule has 15 heavy (non-hydrogen) atoms. The summed E-state index contributed by atoms with van der Waals surface area (Å²) in [7, 11) is -1.92. The quantitative estimate of drug-likeness (QED) is 0.483. The summed E-state index contributed by atoms with van der Waals surface area (Å²) in [6, 6.07) is -0.202. The van der Waals surface area contributed by atoms with Crippen LogP contribution in [0.1, 0.15) is 20.3 Å². The molecule has 2 atom stereocenters. The highest BCUT2D eigenvalue weighted by molar-refractivity contribution is 7.87. The molecule has 0 aromatic rings. The molecule has 0 saturated heterocycles. The Bertz CT molecular complexity index is 254. The lowest BCUT2D eigenvalue weighted by Crippen LogP contribution is -2.44. The van der Waals surface area contributed by atoms with E-state index in [2.05, 4.69) is 9.44 Å². The molecule has 6 nitrogen and oxygen atoms in total. The molecule has 0 aliphatic heterocycles. The first-order valence-corrected chi connectivity index (χ1v) is 6.37. The van der Waals surface area contributed by atoms with Gasteiger partial charge in [-0.3, -0.25) is 0 Å². The summed E-state index contributed by atoms with van der Waals surface area (Å²) in [5.74, 6) is 0. The standard InChI is InChI=1S/C8H21N3O3S/c1-7(9)6-8(2)11-15(12,13)10-4-5-14-3/h7-8,10-11H,4-6,9H2,1-3H3. The van der Waals surface area contributed by atoms with Gasteiger partial charge in [-0.2, -0.15) is 17.9 Å². The normalized spacial score (nSPS) is 16.3. The summed E-state index contributed by atoms with van der Waals surface area (Å²) in [5.41, 5.74) is 5.56. The van der Waals surface area contributed by atoms with Crippen molar-refractivity contribution in [1.82, 2.24) is 9.44 Å². The molecule has 0 radical (unpaired) electrons. The second-order valence-electron chi connectivity index (χ2n) is 3.62. The number of rotatable bonds is 8. The maximum Gasteiger partial charge on any atom is 0.277 e. The SMILES string of the molecule is COCCNS(=O)(=O)NC(C)CC(C)N. The van der Waals surface area contributed by atoms with E-state index in [1.807, 2.05) is 6.92 Å². The van der Waals surface area contributed by atoms with Gasteiger partial charge in [-0.25, -0.2) is 0 Å². The number of nitrogens with one attached hydrogen (secondary N) is 2. The average molecular weight is 239 g/mol. The van der Waals surface area contributed by atoms with Gasteiger partial charge in [0.2, 0.25) is 0 Å². The predicted octanol–water partition coefficient (Wildman–Crippen LogP) is -0.817. The van der Waals surface area contributed by atoms with Crippen molar-refractivity contribution in [2.45, 2.75) is 32.4 Å². The molecular weight excluding hydrogens is 218 g/mol. The van der Waals surface area contributed by atoms with Crippen LogP contribution in [-0.2, 0) is 14.9 Å². The number of methoxy groups -OCH3 is 1. The molecule has 0 bridgehead atoms. The minimum absolute atomic E-state index is 0.0262. The van der Waals surface area contributed by atoms with E-state index in [1.54, 1.807) is 6.92 Å². The number of hydrogen-bond acceptors (Lipinski definition) is 4. The van der Waals surface area contributed by atoms with E-state index >= 15 is 0 Å². The Morgan fingerprint density at radius 1 is 1.40 bits per heavy atom. The van der Waals surface area contributed by atoms with Gasteiger partial charge < -0.3 is 10.5 Å². The van der Waals surface area contributed by atoms with Gasteiger partial charge in [-0.15, -0.1) is 0 Å². The van der Waals surface area contributed by atoms with Gasteiger partial charge in [0.05, 0.1) is 6.61 Å². The second-order valence-corrected chi connectivity index (χ2v) is 5.15. The van der Waals surface area contributed by atoms with Crippen LogP contribution < -0.4 is 15.2 Å². The molecule has 0 heterocycles. The topological polar surface area (TPSA) is 93.4 Å². The van der Waals surface area contributed by atoms with E-state index in [0.29, 0.717) is 13.0 Å². The van der Waals surface area contributed by atoms with Crippen LogP contribution in [0.3, 0.4) is 0 Å². The van der Waals surface area contributed by atoms with Crippen LogP contribution in [0, 0.1) is 0 Å². The largest absolute Gasteiger partial charge is 0.383 e. The van der Waals surface area contributed by atoms with Gasteiger partial charge in [-0.05, 0) is 20.3 Å². The Labute approximate surface area is 91.7 Å². The van der Waals surface area contributed by atoms with Gasteiger partial charge >= 0.3 is 0 Å². The fourth-order valence-electron chi connectivity index (χ4n) is 1.19. The first-order valence-electron chi connectivity index (χ1n) is 4.89. The Balaban J connectivity index is 3.91. The van der Waals surface area contributed by atoms with Crippen molar-refractivity contribution in [2.24, 2.45) is 5.73 Å². The summed E-state index contributed by atoms with van der Waals surface area (Å²) in [5, 5.41) is 0. The minimum Gasteiger partial charge on any atom is -0.383 e. The van der Waals surface area contributed by atoms with E-state index in [4.69, 9.17) is 10.5 Å². The minimum atomic E-state index is -3.43. The van der Waals surface area contributed by atoms with Crippen LogP contribution in [0.15, 0.2) is 0 Å². The molecule has 0 aliphatic rings. The molecule has 0 amide bonds. The fourth-order valence-corrected chi connectivity index (χ4v) is 2.25. The van der Waals surface area contributed by atoms with Crippen molar-refractivity contribution in [1.29, 1.82) is 0 Å². The van der Waals surface area contributed by atoms with Crippen LogP contribution in [0.5, 0.6) is 0 Å². The lowest BCUT2D eigenvalue weighted by molar-refractivity contribution is 0.204. The molecule has 92 valence electrons. The molecule has 0 aromatic heterocycles. The molecular formula is C8H21N3O3S. The van der Waals surface area contributed by atoms with Crippen molar-refractivity contribution < 1.29 is 13.2 Å². The fraction of sp³-hybridized carbons (Fsp3) is 1.00. The van der Waals surface area contributed by atoms with E-state index in [1.165, 1.54) is 7.11 Å². The molecule has 0 saturated carbocycles. The van der Waals surface area contributed by atoms with Crippen molar-refractivity contribution in [3.8, 4) is 0 Å². The summed E-state index contributed by atoms with van der Waals surface area (Å²) >= 11 is 0. The van der Waals surface area contributed by atoms with E-state index in [9.17, 15) is 8.42 Å². The van der Waals surface area contributed by atoms with Crippen LogP contribution >= 0.6 is 0 Å². The number of ether oxygens (including phenoxy) is 1. The molecule has 7 heteroatoms. The zero-order chi connectivity index (χ0) is 11.9. The van der Waals surface area contributed by atoms with Crippen LogP contribution in [0.2, 0.25) is 0 Å². The number of hydrogen-bond donors (Lipinski definition) is 3. The Hall–Kier alpha value is -0.210. The summed E-state index contributed by atoms with van der Waals surface area (Å²) in [6.45, 7) is 4.22.